The third-order valence-corrected chi connectivity index (χ3v) is 6.25. The quantitative estimate of drug-likeness (QED) is 0.189. The van der Waals surface area contributed by atoms with Crippen LogP contribution in [0.1, 0.15) is 11.1 Å². The minimum absolute atomic E-state index is 0.0208. The standard InChI is InChI=1S/C24H18Cl2FN5OS/c1-15-5-11-18(12-6-15)32-23(16-7-9-17(25)10-8-16)30-31-24(32)34-14-22(33)29-28-13-19-20(26)3-2-4-21(19)27/h2-13H,14H2,1H3,(H,29,33)/b28-13+. The molecule has 4 aromatic rings. The van der Waals surface area contributed by atoms with Crippen molar-refractivity contribution >= 4 is 47.1 Å². The van der Waals surface area contributed by atoms with Gasteiger partial charge in [0.25, 0.3) is 5.91 Å². The second-order valence-electron chi connectivity index (χ2n) is 7.20. The lowest BCUT2D eigenvalue weighted by Gasteiger charge is -2.10. The van der Waals surface area contributed by atoms with Crippen LogP contribution in [0.2, 0.25) is 10.0 Å². The summed E-state index contributed by atoms with van der Waals surface area (Å²) in [4.78, 5) is 12.3. The highest BCUT2D eigenvalue weighted by atomic mass is 35.5. The lowest BCUT2D eigenvalue weighted by atomic mass is 10.2. The van der Waals surface area contributed by atoms with Gasteiger partial charge in [0.1, 0.15) is 5.82 Å². The molecule has 34 heavy (non-hydrogen) atoms. The number of aryl methyl sites for hydroxylation is 1. The van der Waals surface area contributed by atoms with Gasteiger partial charge >= 0.3 is 0 Å². The summed E-state index contributed by atoms with van der Waals surface area (Å²) in [6.07, 6.45) is 1.17. The van der Waals surface area contributed by atoms with Crippen LogP contribution < -0.4 is 5.43 Å². The molecule has 0 aliphatic carbocycles. The maximum Gasteiger partial charge on any atom is 0.250 e. The molecule has 0 radical (unpaired) electrons. The monoisotopic (exact) mass is 513 g/mol. The summed E-state index contributed by atoms with van der Waals surface area (Å²) in [7, 11) is 0. The fourth-order valence-corrected chi connectivity index (χ4v) is 4.12. The maximum absolute atomic E-state index is 13.8. The van der Waals surface area contributed by atoms with E-state index in [1.54, 1.807) is 18.2 Å². The van der Waals surface area contributed by atoms with Gasteiger partial charge < -0.3 is 0 Å². The van der Waals surface area contributed by atoms with Gasteiger partial charge in [-0.3, -0.25) is 9.36 Å². The predicted octanol–water partition coefficient (Wildman–Crippen LogP) is 5.93. The molecular formula is C24H18Cl2FN5OS. The second kappa shape index (κ2) is 10.8. The van der Waals surface area contributed by atoms with Gasteiger partial charge in [0.05, 0.1) is 17.0 Å². The largest absolute Gasteiger partial charge is 0.272 e. The van der Waals surface area contributed by atoms with Crippen LogP contribution in [-0.2, 0) is 4.79 Å². The van der Waals surface area contributed by atoms with Gasteiger partial charge in [0, 0.05) is 21.8 Å². The summed E-state index contributed by atoms with van der Waals surface area (Å²) in [5.74, 6) is -0.274. The maximum atomic E-state index is 13.8. The molecule has 0 aliphatic heterocycles. The molecule has 1 amide bonds. The lowest BCUT2D eigenvalue weighted by Crippen LogP contribution is -2.20. The van der Waals surface area contributed by atoms with Crippen molar-refractivity contribution in [2.45, 2.75) is 12.1 Å². The summed E-state index contributed by atoms with van der Waals surface area (Å²) in [5, 5.41) is 13.8. The number of halogens is 3. The smallest absolute Gasteiger partial charge is 0.250 e. The Hall–Kier alpha value is -3.20. The summed E-state index contributed by atoms with van der Waals surface area (Å²) < 4.78 is 15.7. The van der Waals surface area contributed by atoms with Crippen LogP contribution in [-0.4, -0.2) is 32.6 Å². The first-order valence-electron chi connectivity index (χ1n) is 10.1. The summed E-state index contributed by atoms with van der Waals surface area (Å²) in [5.41, 5.74) is 5.29. The number of hydrazone groups is 1. The number of carbonyl (C=O) groups is 1. The van der Waals surface area contributed by atoms with Gasteiger partial charge in [-0.25, -0.2) is 9.82 Å². The predicted molar refractivity (Wildman–Crippen MR) is 134 cm³/mol. The zero-order valence-electron chi connectivity index (χ0n) is 17.9. The molecule has 0 spiro atoms. The Labute approximate surface area is 209 Å². The molecule has 3 aromatic carbocycles. The van der Waals surface area contributed by atoms with Crippen LogP contribution in [0.3, 0.4) is 0 Å². The van der Waals surface area contributed by atoms with Crippen molar-refractivity contribution in [3.8, 4) is 17.1 Å². The molecule has 1 heterocycles. The average molecular weight is 514 g/mol. The third kappa shape index (κ3) is 5.64. The molecule has 1 N–H and O–H groups in total. The van der Waals surface area contributed by atoms with E-state index in [1.165, 1.54) is 30.1 Å². The van der Waals surface area contributed by atoms with Crippen molar-refractivity contribution in [3.63, 3.8) is 0 Å². The topological polar surface area (TPSA) is 72.2 Å². The van der Waals surface area contributed by atoms with E-state index in [0.717, 1.165) is 16.8 Å². The van der Waals surface area contributed by atoms with Gasteiger partial charge in [-0.1, -0.05) is 58.7 Å². The number of aromatic nitrogens is 3. The van der Waals surface area contributed by atoms with E-state index >= 15 is 0 Å². The molecule has 4 rings (SSSR count). The van der Waals surface area contributed by atoms with E-state index in [1.807, 2.05) is 47.9 Å². The Morgan fingerprint density at radius 2 is 1.82 bits per heavy atom. The Bertz CT molecular complexity index is 1320. The molecule has 0 aliphatic rings. The average Bonchev–Trinajstić information content (AvgIpc) is 3.24. The number of thioether (sulfide) groups is 1. The molecule has 0 atom stereocenters. The number of benzene rings is 3. The number of carbonyl (C=O) groups excluding carboxylic acids is 1. The number of nitrogens with zero attached hydrogens (tertiary/aromatic N) is 4. The van der Waals surface area contributed by atoms with Crippen LogP contribution in [0.4, 0.5) is 4.39 Å². The van der Waals surface area contributed by atoms with Crippen molar-refractivity contribution in [2.24, 2.45) is 5.10 Å². The van der Waals surface area contributed by atoms with E-state index in [4.69, 9.17) is 23.2 Å². The van der Waals surface area contributed by atoms with Crippen molar-refractivity contribution < 1.29 is 9.18 Å². The summed E-state index contributed by atoms with van der Waals surface area (Å²) >= 11 is 13.2. The van der Waals surface area contributed by atoms with Crippen LogP contribution in [0, 0.1) is 12.7 Å². The number of rotatable bonds is 7. The van der Waals surface area contributed by atoms with E-state index in [-0.39, 0.29) is 22.2 Å². The first-order chi connectivity index (χ1) is 16.4. The van der Waals surface area contributed by atoms with Crippen molar-refractivity contribution in [1.82, 2.24) is 20.2 Å². The van der Waals surface area contributed by atoms with E-state index in [9.17, 15) is 9.18 Å². The van der Waals surface area contributed by atoms with Crippen molar-refractivity contribution in [1.29, 1.82) is 0 Å². The second-order valence-corrected chi connectivity index (χ2v) is 8.99. The van der Waals surface area contributed by atoms with Crippen molar-refractivity contribution in [2.75, 3.05) is 5.75 Å². The zero-order chi connectivity index (χ0) is 24.1. The third-order valence-electron chi connectivity index (χ3n) is 4.74. The van der Waals surface area contributed by atoms with Gasteiger partial charge in [-0.2, -0.15) is 5.10 Å². The SMILES string of the molecule is Cc1ccc(-n2c(SCC(=O)N/N=C/c3c(F)cccc3Cl)nnc2-c2ccc(Cl)cc2)cc1. The van der Waals surface area contributed by atoms with Gasteiger partial charge in [-0.15, -0.1) is 10.2 Å². The molecule has 172 valence electrons. The summed E-state index contributed by atoms with van der Waals surface area (Å²) in [6, 6.07) is 19.5. The molecular weight excluding hydrogens is 496 g/mol. The van der Waals surface area contributed by atoms with Crippen LogP contribution in [0.5, 0.6) is 0 Å². The zero-order valence-corrected chi connectivity index (χ0v) is 20.2. The lowest BCUT2D eigenvalue weighted by molar-refractivity contribution is -0.118. The molecule has 0 fully saturated rings. The first-order valence-corrected chi connectivity index (χ1v) is 11.8. The molecule has 0 bridgehead atoms. The molecule has 1 aromatic heterocycles. The Morgan fingerprint density at radius 3 is 2.53 bits per heavy atom. The van der Waals surface area contributed by atoms with Gasteiger partial charge in [0.2, 0.25) is 0 Å². The molecule has 0 saturated carbocycles. The number of nitrogens with one attached hydrogen (secondary N) is 1. The van der Waals surface area contributed by atoms with Crippen LogP contribution >= 0.6 is 35.0 Å². The number of hydrogen-bond donors (Lipinski definition) is 1. The molecule has 6 nitrogen and oxygen atoms in total. The minimum Gasteiger partial charge on any atom is -0.272 e. The fourth-order valence-electron chi connectivity index (χ4n) is 3.04. The highest BCUT2D eigenvalue weighted by Gasteiger charge is 2.17. The minimum atomic E-state index is -0.527. The van der Waals surface area contributed by atoms with Crippen LogP contribution in [0.25, 0.3) is 17.1 Å². The van der Waals surface area contributed by atoms with Gasteiger partial charge in [-0.05, 0) is 55.5 Å². The highest BCUT2D eigenvalue weighted by Crippen LogP contribution is 2.29. The summed E-state index contributed by atoms with van der Waals surface area (Å²) in [6.45, 7) is 2.01. The normalized spacial score (nSPS) is 11.2. The number of hydrogen-bond acceptors (Lipinski definition) is 5. The Kier molecular flexibility index (Phi) is 7.62. The fraction of sp³-hybridized carbons (Fsp3) is 0.0833. The van der Waals surface area contributed by atoms with E-state index in [2.05, 4.69) is 20.7 Å². The molecule has 10 heteroatoms. The van der Waals surface area contributed by atoms with E-state index in [0.29, 0.717) is 16.0 Å². The van der Waals surface area contributed by atoms with E-state index < -0.39 is 5.82 Å². The Morgan fingerprint density at radius 1 is 1.09 bits per heavy atom. The van der Waals surface area contributed by atoms with Crippen LogP contribution in [0.15, 0.2) is 77.0 Å². The molecule has 0 unspecified atom stereocenters. The Balaban J connectivity index is 1.52. The highest BCUT2D eigenvalue weighted by molar-refractivity contribution is 7.99. The number of amides is 1. The molecule has 0 saturated heterocycles. The first kappa shape index (κ1) is 23.9. The van der Waals surface area contributed by atoms with Crippen molar-refractivity contribution in [3.05, 3.63) is 93.7 Å². The van der Waals surface area contributed by atoms with Gasteiger partial charge in [0.15, 0.2) is 11.0 Å².